The number of nitriles is 2. The summed E-state index contributed by atoms with van der Waals surface area (Å²) in [5.74, 6) is -1.84. The number of esters is 1. The molecule has 4 nitrogen and oxygen atoms in total. The number of benzene rings is 1. The van der Waals surface area contributed by atoms with Crippen molar-refractivity contribution in [3.8, 4) is 12.1 Å². The van der Waals surface area contributed by atoms with Crippen LogP contribution in [0.3, 0.4) is 0 Å². The molecule has 1 fully saturated rings. The highest BCUT2D eigenvalue weighted by Crippen LogP contribution is 2.65. The molecule has 2 rings (SSSR count). The monoisotopic (exact) mass is 260 g/mol. The molecule has 1 aliphatic rings. The van der Waals surface area contributed by atoms with Crippen LogP contribution < -0.4 is 0 Å². The lowest BCUT2D eigenvalue weighted by molar-refractivity contribution is -0.142. The fraction of sp³-hybridized carbons (Fsp3) is 0.308. The minimum Gasteiger partial charge on any atom is -0.469 e. The first-order chi connectivity index (χ1) is 8.62. The van der Waals surface area contributed by atoms with Crippen molar-refractivity contribution in [3.05, 3.63) is 34.9 Å². The van der Waals surface area contributed by atoms with E-state index in [1.165, 1.54) is 7.11 Å². The van der Waals surface area contributed by atoms with Gasteiger partial charge in [-0.1, -0.05) is 29.8 Å². The summed E-state index contributed by atoms with van der Waals surface area (Å²) in [6, 6.07) is 10.7. The van der Waals surface area contributed by atoms with Gasteiger partial charge in [0.1, 0.15) is 0 Å². The van der Waals surface area contributed by atoms with Crippen molar-refractivity contribution in [2.45, 2.75) is 5.92 Å². The van der Waals surface area contributed by atoms with Gasteiger partial charge in [0.2, 0.25) is 0 Å². The predicted octanol–water partition coefficient (Wildman–Crippen LogP) is 2.26. The third-order valence-corrected chi connectivity index (χ3v) is 3.61. The second-order valence-electron chi connectivity index (χ2n) is 4.09. The average Bonchev–Trinajstić information content (AvgIpc) is 3.07. The first kappa shape index (κ1) is 12.4. The molecule has 1 aliphatic carbocycles. The molecule has 1 aromatic rings. The van der Waals surface area contributed by atoms with E-state index in [0.29, 0.717) is 10.6 Å². The lowest BCUT2D eigenvalue weighted by Gasteiger charge is -2.02. The molecule has 1 aromatic carbocycles. The van der Waals surface area contributed by atoms with E-state index in [2.05, 4.69) is 4.74 Å². The Hall–Kier alpha value is -2.04. The number of methoxy groups -OCH3 is 1. The number of hydrogen-bond acceptors (Lipinski definition) is 4. The number of rotatable bonds is 2. The maximum Gasteiger partial charge on any atom is 0.312 e. The Morgan fingerprint density at radius 3 is 2.50 bits per heavy atom. The van der Waals surface area contributed by atoms with E-state index in [0.717, 1.165) is 0 Å². The SMILES string of the molecule is COC(=O)[C@@H]1[C@H](c2ccccc2Cl)C1(C#N)C#N. The van der Waals surface area contributed by atoms with Crippen LogP contribution in [0.4, 0.5) is 0 Å². The molecule has 0 spiro atoms. The summed E-state index contributed by atoms with van der Waals surface area (Å²) in [5, 5.41) is 18.8. The van der Waals surface area contributed by atoms with Crippen LogP contribution in [-0.2, 0) is 9.53 Å². The zero-order valence-corrected chi connectivity index (χ0v) is 10.3. The number of ether oxygens (including phenoxy) is 1. The van der Waals surface area contributed by atoms with Crippen molar-refractivity contribution in [1.29, 1.82) is 10.5 Å². The number of hydrogen-bond donors (Lipinski definition) is 0. The van der Waals surface area contributed by atoms with Crippen molar-refractivity contribution in [1.82, 2.24) is 0 Å². The van der Waals surface area contributed by atoms with E-state index in [4.69, 9.17) is 11.6 Å². The van der Waals surface area contributed by atoms with Crippen LogP contribution in [0.5, 0.6) is 0 Å². The van der Waals surface area contributed by atoms with Gasteiger partial charge in [-0.3, -0.25) is 4.79 Å². The first-order valence-corrected chi connectivity index (χ1v) is 5.65. The molecule has 5 heteroatoms. The quantitative estimate of drug-likeness (QED) is 0.765. The molecule has 0 bridgehead atoms. The van der Waals surface area contributed by atoms with Crippen molar-refractivity contribution < 1.29 is 9.53 Å². The van der Waals surface area contributed by atoms with Crippen molar-refractivity contribution in [2.75, 3.05) is 7.11 Å². The molecule has 0 N–H and O–H groups in total. The van der Waals surface area contributed by atoms with Crippen LogP contribution in [0.1, 0.15) is 11.5 Å². The Bertz CT molecular complexity index is 571. The van der Waals surface area contributed by atoms with Gasteiger partial charge in [-0.25, -0.2) is 0 Å². The fourth-order valence-electron chi connectivity index (χ4n) is 2.29. The summed E-state index contributed by atoms with van der Waals surface area (Å²) in [6.07, 6.45) is 0. The Balaban J connectivity index is 2.47. The third-order valence-electron chi connectivity index (χ3n) is 3.27. The second kappa shape index (κ2) is 4.33. The standard InChI is InChI=1S/C13H9ClN2O2/c1-18-12(17)11-10(13(11,6-15)7-16)8-4-2-3-5-9(8)14/h2-5,10-11H,1H3/t10-,11-/m0/s1. The molecule has 1 saturated carbocycles. The summed E-state index contributed by atoms with van der Waals surface area (Å²) in [6.45, 7) is 0. The maximum atomic E-state index is 11.6. The van der Waals surface area contributed by atoms with Gasteiger partial charge in [0.05, 0.1) is 25.2 Å². The molecular formula is C13H9ClN2O2. The normalized spacial score (nSPS) is 23.6. The number of carbonyl (C=O) groups is 1. The zero-order valence-electron chi connectivity index (χ0n) is 9.55. The topological polar surface area (TPSA) is 73.9 Å². The minimum atomic E-state index is -1.36. The molecule has 0 radical (unpaired) electrons. The van der Waals surface area contributed by atoms with Crippen LogP contribution in [0.25, 0.3) is 0 Å². The highest BCUT2D eigenvalue weighted by Gasteiger charge is 2.72. The number of halogens is 1. The van der Waals surface area contributed by atoms with E-state index in [1.807, 2.05) is 12.1 Å². The maximum absolute atomic E-state index is 11.6. The summed E-state index contributed by atoms with van der Waals surface area (Å²) in [4.78, 5) is 11.6. The van der Waals surface area contributed by atoms with Crippen molar-refractivity contribution in [2.24, 2.45) is 11.3 Å². The van der Waals surface area contributed by atoms with Gasteiger partial charge in [-0.05, 0) is 11.6 Å². The molecule has 0 aliphatic heterocycles. The number of nitrogens with zero attached hydrogens (tertiary/aromatic N) is 2. The molecule has 0 aromatic heterocycles. The molecule has 0 saturated heterocycles. The first-order valence-electron chi connectivity index (χ1n) is 5.27. The average molecular weight is 261 g/mol. The van der Waals surface area contributed by atoms with Crippen LogP contribution in [-0.4, -0.2) is 13.1 Å². The van der Waals surface area contributed by atoms with E-state index in [9.17, 15) is 15.3 Å². The summed E-state index contributed by atoms with van der Waals surface area (Å²) >= 11 is 6.04. The Labute approximate surface area is 109 Å². The van der Waals surface area contributed by atoms with Gasteiger partial charge in [0.15, 0.2) is 5.41 Å². The molecule has 18 heavy (non-hydrogen) atoms. The van der Waals surface area contributed by atoms with Gasteiger partial charge in [0, 0.05) is 10.9 Å². The van der Waals surface area contributed by atoms with Crippen LogP contribution in [0.15, 0.2) is 24.3 Å². The summed E-state index contributed by atoms with van der Waals surface area (Å²) in [5.41, 5.74) is -0.726. The summed E-state index contributed by atoms with van der Waals surface area (Å²) < 4.78 is 4.64. The third kappa shape index (κ3) is 1.54. The van der Waals surface area contributed by atoms with E-state index >= 15 is 0 Å². The van der Waals surface area contributed by atoms with Gasteiger partial charge in [-0.15, -0.1) is 0 Å². The second-order valence-corrected chi connectivity index (χ2v) is 4.50. The highest BCUT2D eigenvalue weighted by atomic mass is 35.5. The number of carbonyl (C=O) groups excluding carboxylic acids is 1. The van der Waals surface area contributed by atoms with Crippen LogP contribution in [0.2, 0.25) is 5.02 Å². The molecule has 90 valence electrons. The van der Waals surface area contributed by atoms with Gasteiger partial charge in [-0.2, -0.15) is 10.5 Å². The smallest absolute Gasteiger partial charge is 0.312 e. The Kier molecular flexibility index (Phi) is 2.98. The molecule has 0 unspecified atom stereocenters. The molecule has 0 heterocycles. The lowest BCUT2D eigenvalue weighted by atomic mass is 10.0. The van der Waals surface area contributed by atoms with E-state index < -0.39 is 23.2 Å². The highest BCUT2D eigenvalue weighted by molar-refractivity contribution is 6.31. The van der Waals surface area contributed by atoms with Gasteiger partial charge >= 0.3 is 5.97 Å². The minimum absolute atomic E-state index is 0.448. The van der Waals surface area contributed by atoms with Crippen molar-refractivity contribution in [3.63, 3.8) is 0 Å². The predicted molar refractivity (Wildman–Crippen MR) is 63.4 cm³/mol. The molecule has 0 amide bonds. The summed E-state index contributed by atoms with van der Waals surface area (Å²) in [7, 11) is 1.24. The zero-order chi connectivity index (χ0) is 13.3. The Morgan fingerprint density at radius 1 is 1.39 bits per heavy atom. The largest absolute Gasteiger partial charge is 0.469 e. The van der Waals surface area contributed by atoms with Crippen LogP contribution in [0, 0.1) is 34.0 Å². The van der Waals surface area contributed by atoms with Gasteiger partial charge < -0.3 is 4.74 Å². The van der Waals surface area contributed by atoms with Gasteiger partial charge in [0.25, 0.3) is 0 Å². The van der Waals surface area contributed by atoms with Crippen LogP contribution >= 0.6 is 11.6 Å². The van der Waals surface area contributed by atoms with E-state index in [-0.39, 0.29) is 0 Å². The van der Waals surface area contributed by atoms with E-state index in [1.54, 1.807) is 24.3 Å². The molecular weight excluding hydrogens is 252 g/mol. The fourth-order valence-corrected chi connectivity index (χ4v) is 2.55. The lowest BCUT2D eigenvalue weighted by Crippen LogP contribution is -2.09. The Morgan fingerprint density at radius 2 is 2.00 bits per heavy atom. The van der Waals surface area contributed by atoms with Crippen molar-refractivity contribution >= 4 is 17.6 Å². The molecule has 2 atom stereocenters.